The molecule has 0 aliphatic carbocycles. The molecular weight excluding hydrogens is 294 g/mol. The van der Waals surface area contributed by atoms with Gasteiger partial charge < -0.3 is 19.5 Å². The predicted octanol–water partition coefficient (Wildman–Crippen LogP) is 1.40. The monoisotopic (exact) mass is 315 g/mol. The normalized spacial score (nSPS) is 11.0. The number of ether oxygens (including phenoxy) is 3. The second-order valence-electron chi connectivity index (χ2n) is 4.68. The summed E-state index contributed by atoms with van der Waals surface area (Å²) in [5.41, 5.74) is 1.01. The highest BCUT2D eigenvalue weighted by atomic mass is 16.5. The van der Waals surface area contributed by atoms with Gasteiger partial charge in [0.2, 0.25) is 5.91 Å². The lowest BCUT2D eigenvalue weighted by Crippen LogP contribution is -2.35. The van der Waals surface area contributed by atoms with Gasteiger partial charge in [-0.15, -0.1) is 12.8 Å². The third kappa shape index (κ3) is 6.34. The van der Waals surface area contributed by atoms with Crippen LogP contribution in [0.3, 0.4) is 0 Å². The maximum atomic E-state index is 11.8. The van der Waals surface area contributed by atoms with Crippen LogP contribution in [0.2, 0.25) is 0 Å². The maximum absolute atomic E-state index is 11.8. The van der Waals surface area contributed by atoms with Crippen molar-refractivity contribution < 1.29 is 19.0 Å². The molecule has 1 N–H and O–H groups in total. The van der Waals surface area contributed by atoms with E-state index in [1.165, 1.54) is 0 Å². The minimum atomic E-state index is -0.569. The lowest BCUT2D eigenvalue weighted by Gasteiger charge is -2.13. The Hall–Kier alpha value is -2.63. The number of nitrogens with one attached hydrogen (secondary N) is 1. The van der Waals surface area contributed by atoms with Gasteiger partial charge in [-0.2, -0.15) is 0 Å². The lowest BCUT2D eigenvalue weighted by atomic mass is 10.1. The van der Waals surface area contributed by atoms with Crippen LogP contribution in [0, 0.1) is 24.7 Å². The summed E-state index contributed by atoms with van der Waals surface area (Å²) in [6, 6.07) is 5.56. The maximum Gasteiger partial charge on any atom is 0.248 e. The Bertz CT molecular complexity index is 598. The molecule has 0 heterocycles. The molecule has 1 amide bonds. The van der Waals surface area contributed by atoms with Crippen LogP contribution in [0.5, 0.6) is 11.5 Å². The molecule has 1 unspecified atom stereocenters. The van der Waals surface area contributed by atoms with E-state index in [2.05, 4.69) is 17.2 Å². The average molecular weight is 315 g/mol. The van der Waals surface area contributed by atoms with Gasteiger partial charge in [-0.05, 0) is 31.0 Å². The van der Waals surface area contributed by atoms with Crippen molar-refractivity contribution in [3.05, 3.63) is 23.8 Å². The zero-order chi connectivity index (χ0) is 17.1. The molecule has 1 rings (SSSR count). The van der Waals surface area contributed by atoms with E-state index < -0.39 is 6.10 Å². The topological polar surface area (TPSA) is 56.8 Å². The SMILES string of the molecule is C#CCOc1ccc(CCNC(=O)C(C)OCC#C)cc1OC. The van der Waals surface area contributed by atoms with E-state index in [1.807, 2.05) is 12.1 Å². The zero-order valence-electron chi connectivity index (χ0n) is 13.4. The zero-order valence-corrected chi connectivity index (χ0v) is 13.4. The average Bonchev–Trinajstić information content (AvgIpc) is 2.57. The molecule has 1 atom stereocenters. The fraction of sp³-hybridized carbons (Fsp3) is 0.389. The van der Waals surface area contributed by atoms with Gasteiger partial charge in [0.25, 0.3) is 0 Å². The summed E-state index contributed by atoms with van der Waals surface area (Å²) in [6.07, 6.45) is 10.3. The van der Waals surface area contributed by atoms with E-state index in [0.29, 0.717) is 24.5 Å². The van der Waals surface area contributed by atoms with Crippen LogP contribution in [-0.2, 0) is 16.0 Å². The van der Waals surface area contributed by atoms with Crippen LogP contribution in [0.25, 0.3) is 0 Å². The van der Waals surface area contributed by atoms with Crippen molar-refractivity contribution in [1.29, 1.82) is 0 Å². The van der Waals surface area contributed by atoms with E-state index in [1.54, 1.807) is 20.1 Å². The molecule has 0 saturated carbocycles. The van der Waals surface area contributed by atoms with Crippen LogP contribution >= 0.6 is 0 Å². The molecule has 0 fully saturated rings. The molecule has 0 saturated heterocycles. The standard InChI is InChI=1S/C18H21NO4/c1-5-11-22-14(3)18(20)19-10-9-15-7-8-16(23-12-6-2)17(13-15)21-4/h1-2,7-8,13-14H,9-12H2,3-4H3,(H,19,20). The first-order chi connectivity index (χ1) is 11.1. The van der Waals surface area contributed by atoms with Gasteiger partial charge in [0.1, 0.15) is 19.3 Å². The quantitative estimate of drug-likeness (QED) is 0.700. The first-order valence-electron chi connectivity index (χ1n) is 7.18. The molecule has 0 aliphatic rings. The number of hydrogen-bond donors (Lipinski definition) is 1. The number of benzene rings is 1. The van der Waals surface area contributed by atoms with Crippen molar-refractivity contribution in [3.8, 4) is 36.2 Å². The van der Waals surface area contributed by atoms with Gasteiger partial charge in [-0.25, -0.2) is 0 Å². The van der Waals surface area contributed by atoms with Gasteiger partial charge in [0.05, 0.1) is 7.11 Å². The number of carbonyl (C=O) groups is 1. The Morgan fingerprint density at radius 1 is 1.26 bits per heavy atom. The highest BCUT2D eigenvalue weighted by molar-refractivity contribution is 5.80. The molecule has 1 aromatic carbocycles. The first-order valence-corrected chi connectivity index (χ1v) is 7.18. The highest BCUT2D eigenvalue weighted by Crippen LogP contribution is 2.28. The number of methoxy groups -OCH3 is 1. The van der Waals surface area contributed by atoms with Crippen molar-refractivity contribution in [2.24, 2.45) is 0 Å². The van der Waals surface area contributed by atoms with E-state index in [4.69, 9.17) is 27.1 Å². The summed E-state index contributed by atoms with van der Waals surface area (Å²) >= 11 is 0. The molecule has 1 aromatic rings. The minimum absolute atomic E-state index is 0.116. The Labute approximate surface area is 137 Å². The summed E-state index contributed by atoms with van der Waals surface area (Å²) in [6.45, 7) is 2.44. The van der Waals surface area contributed by atoms with E-state index in [-0.39, 0.29) is 19.1 Å². The smallest absolute Gasteiger partial charge is 0.248 e. The van der Waals surface area contributed by atoms with Crippen LogP contribution in [0.4, 0.5) is 0 Å². The number of rotatable bonds is 9. The van der Waals surface area contributed by atoms with Crippen molar-refractivity contribution in [2.45, 2.75) is 19.4 Å². The molecule has 0 bridgehead atoms. The summed E-state index contributed by atoms with van der Waals surface area (Å²) in [4.78, 5) is 11.8. The van der Waals surface area contributed by atoms with E-state index in [9.17, 15) is 4.79 Å². The Kier molecular flexibility index (Phi) is 8.13. The van der Waals surface area contributed by atoms with Gasteiger partial charge >= 0.3 is 0 Å². The van der Waals surface area contributed by atoms with Crippen LogP contribution in [-0.4, -0.2) is 38.9 Å². The van der Waals surface area contributed by atoms with Crippen LogP contribution in [0.1, 0.15) is 12.5 Å². The molecule has 0 aromatic heterocycles. The third-order valence-electron chi connectivity index (χ3n) is 3.04. The highest BCUT2D eigenvalue weighted by Gasteiger charge is 2.12. The number of amides is 1. The van der Waals surface area contributed by atoms with Crippen molar-refractivity contribution in [2.75, 3.05) is 26.9 Å². The fourth-order valence-corrected chi connectivity index (χ4v) is 1.83. The molecular formula is C18H21NO4. The molecule has 5 heteroatoms. The molecule has 122 valence electrons. The number of terminal acetylenes is 2. The van der Waals surface area contributed by atoms with Gasteiger partial charge in [0, 0.05) is 6.54 Å². The molecule has 0 radical (unpaired) electrons. The second-order valence-corrected chi connectivity index (χ2v) is 4.68. The molecule has 0 aliphatic heterocycles. The van der Waals surface area contributed by atoms with E-state index >= 15 is 0 Å². The van der Waals surface area contributed by atoms with Crippen molar-refractivity contribution >= 4 is 5.91 Å². The summed E-state index contributed by atoms with van der Waals surface area (Å²) < 4.78 is 15.8. The van der Waals surface area contributed by atoms with Crippen LogP contribution < -0.4 is 14.8 Å². The largest absolute Gasteiger partial charge is 0.493 e. The predicted molar refractivity (Wildman–Crippen MR) is 88.3 cm³/mol. The summed E-state index contributed by atoms with van der Waals surface area (Å²) in [7, 11) is 1.56. The molecule has 23 heavy (non-hydrogen) atoms. The lowest BCUT2D eigenvalue weighted by molar-refractivity contribution is -0.130. The van der Waals surface area contributed by atoms with Gasteiger partial charge in [-0.3, -0.25) is 4.79 Å². The van der Waals surface area contributed by atoms with Gasteiger partial charge in [-0.1, -0.05) is 17.9 Å². The Morgan fingerprint density at radius 2 is 2.00 bits per heavy atom. The second kappa shape index (κ2) is 10.2. The summed E-state index contributed by atoms with van der Waals surface area (Å²) in [5, 5.41) is 2.80. The number of carbonyl (C=O) groups excluding carboxylic acids is 1. The van der Waals surface area contributed by atoms with Crippen molar-refractivity contribution in [1.82, 2.24) is 5.32 Å². The number of hydrogen-bond acceptors (Lipinski definition) is 4. The Morgan fingerprint density at radius 3 is 2.65 bits per heavy atom. The van der Waals surface area contributed by atoms with Crippen molar-refractivity contribution in [3.63, 3.8) is 0 Å². The summed E-state index contributed by atoms with van der Waals surface area (Å²) in [5.74, 6) is 5.74. The van der Waals surface area contributed by atoms with E-state index in [0.717, 1.165) is 5.56 Å². The molecule has 5 nitrogen and oxygen atoms in total. The van der Waals surface area contributed by atoms with Gasteiger partial charge in [0.15, 0.2) is 11.5 Å². The third-order valence-corrected chi connectivity index (χ3v) is 3.04. The fourth-order valence-electron chi connectivity index (χ4n) is 1.83. The Balaban J connectivity index is 2.50. The van der Waals surface area contributed by atoms with Crippen LogP contribution in [0.15, 0.2) is 18.2 Å². The first kappa shape index (κ1) is 18.4. The molecule has 0 spiro atoms. The minimum Gasteiger partial charge on any atom is -0.493 e.